The van der Waals surface area contributed by atoms with Gasteiger partial charge in [-0.15, -0.1) is 0 Å². The lowest BCUT2D eigenvalue weighted by molar-refractivity contribution is -0.138. The molecule has 0 unspecified atom stereocenters. The van der Waals surface area contributed by atoms with Crippen LogP contribution in [0.1, 0.15) is 32.1 Å². The fourth-order valence-corrected chi connectivity index (χ4v) is 3.66. The summed E-state index contributed by atoms with van der Waals surface area (Å²) in [5.41, 5.74) is 0. The van der Waals surface area contributed by atoms with E-state index in [4.69, 9.17) is 4.74 Å². The zero-order chi connectivity index (χ0) is 19.8. The summed E-state index contributed by atoms with van der Waals surface area (Å²) in [6.07, 6.45) is 6.59. The number of likely N-dealkylation sites (tertiary alicyclic amines) is 2. The van der Waals surface area contributed by atoms with Crippen molar-refractivity contribution in [1.29, 1.82) is 0 Å². The van der Waals surface area contributed by atoms with Gasteiger partial charge in [-0.1, -0.05) is 0 Å². The molecular weight excluding hydrogens is 360 g/mol. The first-order valence-corrected chi connectivity index (χ1v) is 9.99. The predicted molar refractivity (Wildman–Crippen MR) is 102 cm³/mol. The summed E-state index contributed by atoms with van der Waals surface area (Å²) in [6.45, 7) is 3.33. The molecule has 3 rings (SSSR count). The van der Waals surface area contributed by atoms with Gasteiger partial charge in [0.15, 0.2) is 0 Å². The standard InChI is InChI=1S/C20H28N4O4/c25-18-5-2-10-23(18)11-3-12-24-15-16(6-7-19(24)26)20(27)22-9-13-28-17-4-1-8-21-14-17/h1,4,8,14,16H,2-3,5-7,9-13,15H2,(H,22,27)/t16-/m0/s1. The second kappa shape index (κ2) is 10.1. The minimum Gasteiger partial charge on any atom is -0.490 e. The number of nitrogens with zero attached hydrogens (tertiary/aromatic N) is 3. The molecule has 8 nitrogen and oxygen atoms in total. The van der Waals surface area contributed by atoms with Crippen LogP contribution in [-0.2, 0) is 14.4 Å². The summed E-state index contributed by atoms with van der Waals surface area (Å²) in [5, 5.41) is 2.89. The van der Waals surface area contributed by atoms with Gasteiger partial charge in [-0.3, -0.25) is 19.4 Å². The number of ether oxygens (including phenoxy) is 1. The average Bonchev–Trinajstić information content (AvgIpc) is 3.12. The molecule has 2 aliphatic heterocycles. The van der Waals surface area contributed by atoms with Crippen molar-refractivity contribution >= 4 is 17.7 Å². The number of aromatic nitrogens is 1. The molecular formula is C20H28N4O4. The molecule has 0 bridgehead atoms. The van der Waals surface area contributed by atoms with Crippen molar-refractivity contribution in [3.05, 3.63) is 24.5 Å². The van der Waals surface area contributed by atoms with Crippen molar-refractivity contribution < 1.29 is 19.1 Å². The highest BCUT2D eigenvalue weighted by Crippen LogP contribution is 2.18. The van der Waals surface area contributed by atoms with Crippen LogP contribution in [-0.4, -0.2) is 71.8 Å². The molecule has 2 saturated heterocycles. The van der Waals surface area contributed by atoms with E-state index < -0.39 is 0 Å². The van der Waals surface area contributed by atoms with Crippen LogP contribution >= 0.6 is 0 Å². The summed E-state index contributed by atoms with van der Waals surface area (Å²) in [7, 11) is 0. The summed E-state index contributed by atoms with van der Waals surface area (Å²) >= 11 is 0. The van der Waals surface area contributed by atoms with Gasteiger partial charge < -0.3 is 19.9 Å². The molecule has 3 amide bonds. The zero-order valence-corrected chi connectivity index (χ0v) is 16.1. The third-order valence-corrected chi connectivity index (χ3v) is 5.20. The van der Waals surface area contributed by atoms with Crippen molar-refractivity contribution in [1.82, 2.24) is 20.1 Å². The Bertz CT molecular complexity index is 682. The first kappa shape index (κ1) is 20.1. The molecule has 1 aromatic rings. The smallest absolute Gasteiger partial charge is 0.225 e. The second-order valence-electron chi connectivity index (χ2n) is 7.24. The van der Waals surface area contributed by atoms with Gasteiger partial charge in [-0.05, 0) is 31.4 Å². The van der Waals surface area contributed by atoms with Crippen molar-refractivity contribution in [2.45, 2.75) is 32.1 Å². The van der Waals surface area contributed by atoms with E-state index in [9.17, 15) is 14.4 Å². The average molecular weight is 388 g/mol. The number of carbonyl (C=O) groups excluding carboxylic acids is 3. The summed E-state index contributed by atoms with van der Waals surface area (Å²) in [4.78, 5) is 43.8. The van der Waals surface area contributed by atoms with Crippen LogP contribution < -0.4 is 10.1 Å². The molecule has 2 aliphatic rings. The van der Waals surface area contributed by atoms with E-state index in [0.717, 1.165) is 19.4 Å². The highest BCUT2D eigenvalue weighted by molar-refractivity contribution is 5.83. The second-order valence-corrected chi connectivity index (χ2v) is 7.24. The SMILES string of the molecule is O=C(NCCOc1cccnc1)[C@H]1CCC(=O)N(CCCN2CCCC2=O)C1. The van der Waals surface area contributed by atoms with Gasteiger partial charge in [0.25, 0.3) is 0 Å². The van der Waals surface area contributed by atoms with E-state index in [1.54, 1.807) is 23.4 Å². The van der Waals surface area contributed by atoms with Crippen LogP contribution in [0.2, 0.25) is 0 Å². The van der Waals surface area contributed by atoms with Crippen LogP contribution in [0.3, 0.4) is 0 Å². The van der Waals surface area contributed by atoms with E-state index in [1.807, 2.05) is 11.0 Å². The maximum atomic E-state index is 12.4. The Hall–Kier alpha value is -2.64. The highest BCUT2D eigenvalue weighted by Gasteiger charge is 2.30. The number of piperidine rings is 1. The van der Waals surface area contributed by atoms with Crippen LogP contribution in [0.4, 0.5) is 0 Å². The maximum absolute atomic E-state index is 12.4. The fourth-order valence-electron chi connectivity index (χ4n) is 3.66. The van der Waals surface area contributed by atoms with Crippen LogP contribution in [0.5, 0.6) is 5.75 Å². The highest BCUT2D eigenvalue weighted by atomic mass is 16.5. The Morgan fingerprint density at radius 2 is 2.04 bits per heavy atom. The largest absolute Gasteiger partial charge is 0.490 e. The van der Waals surface area contributed by atoms with Crippen molar-refractivity contribution in [3.8, 4) is 5.75 Å². The Balaban J connectivity index is 1.36. The van der Waals surface area contributed by atoms with Crippen LogP contribution in [0.15, 0.2) is 24.5 Å². The molecule has 28 heavy (non-hydrogen) atoms. The lowest BCUT2D eigenvalue weighted by atomic mass is 9.96. The summed E-state index contributed by atoms with van der Waals surface area (Å²) in [5.74, 6) is 0.738. The van der Waals surface area contributed by atoms with Crippen LogP contribution in [0, 0.1) is 5.92 Å². The molecule has 1 atom stereocenters. The number of nitrogens with one attached hydrogen (secondary N) is 1. The molecule has 0 radical (unpaired) electrons. The van der Waals surface area contributed by atoms with E-state index in [-0.39, 0.29) is 23.6 Å². The lowest BCUT2D eigenvalue weighted by Gasteiger charge is -2.32. The Kier molecular flexibility index (Phi) is 7.22. The molecule has 1 N–H and O–H groups in total. The third-order valence-electron chi connectivity index (χ3n) is 5.20. The van der Waals surface area contributed by atoms with Gasteiger partial charge in [-0.25, -0.2) is 0 Å². The third kappa shape index (κ3) is 5.68. The van der Waals surface area contributed by atoms with Gasteiger partial charge in [0.05, 0.1) is 18.7 Å². The summed E-state index contributed by atoms with van der Waals surface area (Å²) in [6, 6.07) is 3.61. The number of hydrogen-bond donors (Lipinski definition) is 1. The minimum absolute atomic E-state index is 0.0398. The number of hydrogen-bond acceptors (Lipinski definition) is 5. The van der Waals surface area contributed by atoms with E-state index in [0.29, 0.717) is 57.8 Å². The van der Waals surface area contributed by atoms with Crippen LogP contribution in [0.25, 0.3) is 0 Å². The molecule has 0 saturated carbocycles. The lowest BCUT2D eigenvalue weighted by Crippen LogP contribution is -2.47. The number of pyridine rings is 1. The topological polar surface area (TPSA) is 91.8 Å². The molecule has 2 fully saturated rings. The van der Waals surface area contributed by atoms with Gasteiger partial charge >= 0.3 is 0 Å². The Morgan fingerprint density at radius 1 is 1.21 bits per heavy atom. The van der Waals surface area contributed by atoms with Gasteiger partial charge in [-0.2, -0.15) is 0 Å². The molecule has 1 aromatic heterocycles. The van der Waals surface area contributed by atoms with Crippen molar-refractivity contribution in [2.24, 2.45) is 5.92 Å². The van der Waals surface area contributed by atoms with E-state index >= 15 is 0 Å². The van der Waals surface area contributed by atoms with Gasteiger partial charge in [0, 0.05) is 45.2 Å². The molecule has 0 aromatic carbocycles. The predicted octanol–water partition coefficient (Wildman–Crippen LogP) is 0.828. The van der Waals surface area contributed by atoms with E-state index in [2.05, 4.69) is 10.3 Å². The number of carbonyl (C=O) groups is 3. The first-order valence-electron chi connectivity index (χ1n) is 9.99. The fraction of sp³-hybridized carbons (Fsp3) is 0.600. The molecule has 3 heterocycles. The van der Waals surface area contributed by atoms with Gasteiger partial charge in [0.1, 0.15) is 12.4 Å². The molecule has 152 valence electrons. The summed E-state index contributed by atoms with van der Waals surface area (Å²) < 4.78 is 5.52. The number of rotatable bonds is 9. The van der Waals surface area contributed by atoms with Crippen molar-refractivity contribution in [3.63, 3.8) is 0 Å². The Morgan fingerprint density at radius 3 is 2.79 bits per heavy atom. The monoisotopic (exact) mass is 388 g/mol. The normalized spacial score (nSPS) is 19.8. The van der Waals surface area contributed by atoms with Crippen molar-refractivity contribution in [2.75, 3.05) is 39.3 Å². The number of amides is 3. The quantitative estimate of drug-likeness (QED) is 0.633. The van der Waals surface area contributed by atoms with E-state index in [1.165, 1.54) is 0 Å². The first-order chi connectivity index (χ1) is 13.6. The Labute approximate surface area is 165 Å². The minimum atomic E-state index is -0.190. The molecule has 0 spiro atoms. The molecule has 0 aliphatic carbocycles. The molecule has 8 heteroatoms. The zero-order valence-electron chi connectivity index (χ0n) is 16.1. The van der Waals surface area contributed by atoms with Gasteiger partial charge in [0.2, 0.25) is 17.7 Å². The maximum Gasteiger partial charge on any atom is 0.225 e.